The van der Waals surface area contributed by atoms with Gasteiger partial charge in [-0.15, -0.1) is 0 Å². The Morgan fingerprint density at radius 1 is 1.05 bits per heavy atom. The second-order valence-corrected chi connectivity index (χ2v) is 6.01. The van der Waals surface area contributed by atoms with Gasteiger partial charge >= 0.3 is 0 Å². The molecule has 21 heavy (non-hydrogen) atoms. The van der Waals surface area contributed by atoms with Crippen LogP contribution in [0.4, 0.5) is 0 Å². The Hall–Kier alpha value is -1.61. The average molecular weight is 347 g/mol. The van der Waals surface area contributed by atoms with Gasteiger partial charge in [-0.2, -0.15) is 0 Å². The van der Waals surface area contributed by atoms with E-state index in [2.05, 4.69) is 28.1 Å². The molecule has 0 heterocycles. The number of ketones is 1. The van der Waals surface area contributed by atoms with E-state index in [1.165, 1.54) is 0 Å². The number of benzene rings is 2. The average Bonchev–Trinajstić information content (AvgIpc) is 2.53. The molecule has 0 aliphatic carbocycles. The molecule has 0 aliphatic rings. The van der Waals surface area contributed by atoms with Gasteiger partial charge in [-0.1, -0.05) is 54.0 Å². The molecule has 2 nitrogen and oxygen atoms in total. The Kier molecular flexibility index (Phi) is 5.57. The predicted molar refractivity (Wildman–Crippen MR) is 89.5 cm³/mol. The van der Waals surface area contributed by atoms with Crippen LogP contribution in [0.5, 0.6) is 5.75 Å². The van der Waals surface area contributed by atoms with Gasteiger partial charge < -0.3 is 4.74 Å². The summed E-state index contributed by atoms with van der Waals surface area (Å²) in [6, 6.07) is 16.0. The standard InChI is InChI=1S/C18H19BrO2/c1-3-13(2)18(20)12-21-17-10-6-15(7-11-17)14-4-8-16(19)9-5-14/h4-11,13H,3,12H2,1-2H3. The second kappa shape index (κ2) is 7.41. The SMILES string of the molecule is CCC(C)C(=O)COc1ccc(-c2ccc(Br)cc2)cc1. The number of carbonyl (C=O) groups is 1. The van der Waals surface area contributed by atoms with E-state index in [1.807, 2.05) is 50.2 Å². The number of hydrogen-bond donors (Lipinski definition) is 0. The first kappa shape index (κ1) is 15.8. The van der Waals surface area contributed by atoms with Crippen LogP contribution in [0, 0.1) is 5.92 Å². The van der Waals surface area contributed by atoms with Crippen molar-refractivity contribution in [3.63, 3.8) is 0 Å². The molecule has 0 aromatic heterocycles. The lowest BCUT2D eigenvalue weighted by atomic mass is 10.0. The second-order valence-electron chi connectivity index (χ2n) is 5.10. The largest absolute Gasteiger partial charge is 0.486 e. The van der Waals surface area contributed by atoms with Crippen LogP contribution in [0.25, 0.3) is 11.1 Å². The minimum Gasteiger partial charge on any atom is -0.486 e. The van der Waals surface area contributed by atoms with Gasteiger partial charge in [0.05, 0.1) is 0 Å². The third-order valence-corrected chi connectivity index (χ3v) is 4.10. The highest BCUT2D eigenvalue weighted by molar-refractivity contribution is 9.10. The van der Waals surface area contributed by atoms with E-state index in [4.69, 9.17) is 4.74 Å². The first-order chi connectivity index (χ1) is 10.1. The first-order valence-corrected chi connectivity index (χ1v) is 7.91. The van der Waals surface area contributed by atoms with E-state index in [0.29, 0.717) is 0 Å². The highest BCUT2D eigenvalue weighted by Crippen LogP contribution is 2.24. The van der Waals surface area contributed by atoms with E-state index in [0.717, 1.165) is 27.8 Å². The van der Waals surface area contributed by atoms with Crippen LogP contribution in [0.1, 0.15) is 20.3 Å². The predicted octanol–water partition coefficient (Wildman–Crippen LogP) is 5.11. The molecule has 2 aromatic carbocycles. The Morgan fingerprint density at radius 2 is 1.57 bits per heavy atom. The normalized spacial score (nSPS) is 12.0. The summed E-state index contributed by atoms with van der Waals surface area (Å²) < 4.78 is 6.61. The molecule has 0 radical (unpaired) electrons. The van der Waals surface area contributed by atoms with Gasteiger partial charge in [-0.3, -0.25) is 4.79 Å². The van der Waals surface area contributed by atoms with Crippen LogP contribution < -0.4 is 4.74 Å². The molecule has 0 bridgehead atoms. The number of hydrogen-bond acceptors (Lipinski definition) is 2. The van der Waals surface area contributed by atoms with Crippen molar-refractivity contribution in [2.24, 2.45) is 5.92 Å². The van der Waals surface area contributed by atoms with Gasteiger partial charge in [0.2, 0.25) is 0 Å². The van der Waals surface area contributed by atoms with Gasteiger partial charge in [0, 0.05) is 10.4 Å². The zero-order chi connectivity index (χ0) is 15.2. The minimum atomic E-state index is 0.0621. The van der Waals surface area contributed by atoms with E-state index in [-0.39, 0.29) is 18.3 Å². The number of carbonyl (C=O) groups excluding carboxylic acids is 1. The Labute approximate surface area is 134 Å². The highest BCUT2D eigenvalue weighted by atomic mass is 79.9. The van der Waals surface area contributed by atoms with Crippen molar-refractivity contribution >= 4 is 21.7 Å². The third-order valence-electron chi connectivity index (χ3n) is 3.57. The van der Waals surface area contributed by atoms with Gasteiger partial charge in [-0.25, -0.2) is 0 Å². The van der Waals surface area contributed by atoms with Crippen LogP contribution >= 0.6 is 15.9 Å². The van der Waals surface area contributed by atoms with Crippen molar-refractivity contribution in [2.45, 2.75) is 20.3 Å². The number of ether oxygens (including phenoxy) is 1. The molecule has 0 spiro atoms. The van der Waals surface area contributed by atoms with E-state index in [1.54, 1.807) is 0 Å². The molecular formula is C18H19BrO2. The fourth-order valence-corrected chi connectivity index (χ4v) is 2.17. The monoisotopic (exact) mass is 346 g/mol. The van der Waals surface area contributed by atoms with Crippen LogP contribution in [-0.2, 0) is 4.79 Å². The summed E-state index contributed by atoms with van der Waals surface area (Å²) in [5.74, 6) is 0.939. The van der Waals surface area contributed by atoms with Crippen molar-refractivity contribution in [3.05, 3.63) is 53.0 Å². The zero-order valence-corrected chi connectivity index (χ0v) is 13.9. The minimum absolute atomic E-state index is 0.0621. The molecule has 3 heteroatoms. The van der Waals surface area contributed by atoms with Crippen molar-refractivity contribution in [1.82, 2.24) is 0 Å². The van der Waals surface area contributed by atoms with E-state index in [9.17, 15) is 4.79 Å². The summed E-state index contributed by atoms with van der Waals surface area (Å²) in [6.45, 7) is 4.09. The molecule has 0 fully saturated rings. The van der Waals surface area contributed by atoms with Crippen LogP contribution in [-0.4, -0.2) is 12.4 Å². The summed E-state index contributed by atoms with van der Waals surface area (Å²) in [4.78, 5) is 11.7. The zero-order valence-electron chi connectivity index (χ0n) is 12.3. The number of halogens is 1. The lowest BCUT2D eigenvalue weighted by Crippen LogP contribution is -2.18. The molecule has 0 saturated carbocycles. The van der Waals surface area contributed by atoms with Crippen molar-refractivity contribution < 1.29 is 9.53 Å². The first-order valence-electron chi connectivity index (χ1n) is 7.11. The smallest absolute Gasteiger partial charge is 0.172 e. The molecule has 2 rings (SSSR count). The maximum Gasteiger partial charge on any atom is 0.172 e. The number of Topliss-reactive ketones (excluding diaryl/α,β-unsaturated/α-hetero) is 1. The molecule has 0 aliphatic heterocycles. The van der Waals surface area contributed by atoms with E-state index < -0.39 is 0 Å². The summed E-state index contributed by atoms with van der Waals surface area (Å²) in [5.41, 5.74) is 2.28. The number of rotatable bonds is 6. The molecule has 0 N–H and O–H groups in total. The van der Waals surface area contributed by atoms with Gasteiger partial charge in [-0.05, 0) is 41.8 Å². The molecule has 0 amide bonds. The molecular weight excluding hydrogens is 328 g/mol. The molecule has 110 valence electrons. The lowest BCUT2D eigenvalue weighted by Gasteiger charge is -2.10. The summed E-state index contributed by atoms with van der Waals surface area (Å²) in [6.07, 6.45) is 0.852. The Balaban J connectivity index is 1.99. The van der Waals surface area contributed by atoms with Crippen molar-refractivity contribution in [2.75, 3.05) is 6.61 Å². The summed E-state index contributed by atoms with van der Waals surface area (Å²) >= 11 is 3.43. The molecule has 2 aromatic rings. The summed E-state index contributed by atoms with van der Waals surface area (Å²) in [7, 11) is 0. The molecule has 1 atom stereocenters. The maximum absolute atomic E-state index is 11.7. The lowest BCUT2D eigenvalue weighted by molar-refractivity contribution is -0.124. The van der Waals surface area contributed by atoms with Gasteiger partial charge in [0.15, 0.2) is 5.78 Å². The van der Waals surface area contributed by atoms with Gasteiger partial charge in [0.25, 0.3) is 0 Å². The Bertz CT molecular complexity index is 588. The topological polar surface area (TPSA) is 26.3 Å². The van der Waals surface area contributed by atoms with E-state index >= 15 is 0 Å². The fourth-order valence-electron chi connectivity index (χ4n) is 1.91. The quantitative estimate of drug-likeness (QED) is 0.726. The van der Waals surface area contributed by atoms with Crippen molar-refractivity contribution in [1.29, 1.82) is 0 Å². The van der Waals surface area contributed by atoms with Gasteiger partial charge in [0.1, 0.15) is 12.4 Å². The summed E-state index contributed by atoms with van der Waals surface area (Å²) in [5, 5.41) is 0. The van der Waals surface area contributed by atoms with Crippen LogP contribution in [0.3, 0.4) is 0 Å². The Morgan fingerprint density at radius 3 is 2.10 bits per heavy atom. The molecule has 0 saturated heterocycles. The third kappa shape index (κ3) is 4.43. The maximum atomic E-state index is 11.7. The van der Waals surface area contributed by atoms with Crippen molar-refractivity contribution in [3.8, 4) is 16.9 Å². The highest BCUT2D eigenvalue weighted by Gasteiger charge is 2.11. The molecule has 1 unspecified atom stereocenters. The van der Waals surface area contributed by atoms with Crippen LogP contribution in [0.15, 0.2) is 53.0 Å². The fraction of sp³-hybridized carbons (Fsp3) is 0.278. The van der Waals surface area contributed by atoms with Crippen LogP contribution in [0.2, 0.25) is 0 Å².